The molecule has 0 bridgehead atoms. The molecule has 1 atom stereocenters. The third kappa shape index (κ3) is 3.20. The van der Waals surface area contributed by atoms with E-state index in [1.165, 1.54) is 54.3 Å². The summed E-state index contributed by atoms with van der Waals surface area (Å²) in [5.41, 5.74) is 1.89. The molecular formula is C17H25IN2. The van der Waals surface area contributed by atoms with E-state index in [0.29, 0.717) is 11.6 Å². The van der Waals surface area contributed by atoms with Crippen molar-refractivity contribution in [2.45, 2.75) is 57.2 Å². The van der Waals surface area contributed by atoms with E-state index in [2.05, 4.69) is 64.0 Å². The van der Waals surface area contributed by atoms with Gasteiger partial charge in [-0.2, -0.15) is 0 Å². The summed E-state index contributed by atoms with van der Waals surface area (Å²) in [6.07, 6.45) is 6.97. The highest BCUT2D eigenvalue weighted by atomic mass is 127. The maximum Gasteiger partial charge on any atom is 0.0338 e. The first-order valence-electron chi connectivity index (χ1n) is 7.91. The maximum atomic E-state index is 3.72. The average Bonchev–Trinajstić information content (AvgIpc) is 2.47. The van der Waals surface area contributed by atoms with E-state index in [9.17, 15) is 0 Å². The van der Waals surface area contributed by atoms with Crippen molar-refractivity contribution < 1.29 is 0 Å². The molecule has 1 heterocycles. The van der Waals surface area contributed by atoms with Gasteiger partial charge in [-0.05, 0) is 60.1 Å². The van der Waals surface area contributed by atoms with Crippen molar-refractivity contribution in [2.24, 2.45) is 0 Å². The third-order valence-corrected chi connectivity index (χ3v) is 5.73. The Morgan fingerprint density at radius 1 is 1.20 bits per heavy atom. The summed E-state index contributed by atoms with van der Waals surface area (Å²) < 4.78 is 1.33. The Morgan fingerprint density at radius 2 is 1.90 bits per heavy atom. The van der Waals surface area contributed by atoms with Crippen LogP contribution < -0.4 is 5.32 Å². The molecule has 1 aromatic carbocycles. The SMILES string of the molecule is CC1CN(Cc2ccc(I)cc2)C2(CCCCC2)CN1. The largest absolute Gasteiger partial charge is 0.311 e. The molecule has 1 aliphatic carbocycles. The fourth-order valence-corrected chi connectivity index (χ4v) is 4.17. The summed E-state index contributed by atoms with van der Waals surface area (Å²) in [6.45, 7) is 5.80. The van der Waals surface area contributed by atoms with Gasteiger partial charge in [-0.3, -0.25) is 4.90 Å². The van der Waals surface area contributed by atoms with Gasteiger partial charge in [-0.25, -0.2) is 0 Å². The molecule has 1 aliphatic heterocycles. The molecule has 0 aromatic heterocycles. The van der Waals surface area contributed by atoms with Gasteiger partial charge in [0.05, 0.1) is 0 Å². The molecule has 110 valence electrons. The predicted octanol–water partition coefficient (Wildman–Crippen LogP) is 3.79. The molecule has 1 N–H and O–H groups in total. The molecule has 2 aliphatic rings. The van der Waals surface area contributed by atoms with Crippen molar-refractivity contribution in [1.82, 2.24) is 10.2 Å². The standard InChI is InChI=1S/C17H25IN2/c1-14-11-20(12-15-5-7-16(18)8-6-15)17(13-19-14)9-3-2-4-10-17/h5-8,14,19H,2-4,9-13H2,1H3. The first-order valence-corrected chi connectivity index (χ1v) is 8.99. The van der Waals surface area contributed by atoms with Crippen molar-refractivity contribution in [3.05, 3.63) is 33.4 Å². The van der Waals surface area contributed by atoms with E-state index in [0.717, 1.165) is 6.54 Å². The van der Waals surface area contributed by atoms with Crippen LogP contribution in [0.5, 0.6) is 0 Å². The van der Waals surface area contributed by atoms with Crippen LogP contribution in [0.2, 0.25) is 0 Å². The summed E-state index contributed by atoms with van der Waals surface area (Å²) in [5, 5.41) is 3.72. The maximum absolute atomic E-state index is 3.72. The lowest BCUT2D eigenvalue weighted by atomic mass is 9.78. The van der Waals surface area contributed by atoms with Crippen molar-refractivity contribution in [1.29, 1.82) is 0 Å². The van der Waals surface area contributed by atoms with Crippen molar-refractivity contribution in [2.75, 3.05) is 13.1 Å². The predicted molar refractivity (Wildman–Crippen MR) is 92.8 cm³/mol. The lowest BCUT2D eigenvalue weighted by Gasteiger charge is -2.51. The smallest absolute Gasteiger partial charge is 0.0338 e. The van der Waals surface area contributed by atoms with Gasteiger partial charge in [0.15, 0.2) is 0 Å². The molecular weight excluding hydrogens is 359 g/mol. The minimum atomic E-state index is 0.424. The molecule has 3 rings (SSSR count). The Bertz CT molecular complexity index is 437. The van der Waals surface area contributed by atoms with Gasteiger partial charge in [0, 0.05) is 34.8 Å². The van der Waals surface area contributed by atoms with Gasteiger partial charge in [0.1, 0.15) is 0 Å². The molecule has 3 heteroatoms. The summed E-state index contributed by atoms with van der Waals surface area (Å²) in [5.74, 6) is 0. The van der Waals surface area contributed by atoms with Crippen molar-refractivity contribution in [3.63, 3.8) is 0 Å². The zero-order valence-electron chi connectivity index (χ0n) is 12.4. The van der Waals surface area contributed by atoms with Gasteiger partial charge in [0.2, 0.25) is 0 Å². The van der Waals surface area contributed by atoms with E-state index in [1.54, 1.807) is 0 Å². The number of hydrogen-bond acceptors (Lipinski definition) is 2. The van der Waals surface area contributed by atoms with Gasteiger partial charge in [0.25, 0.3) is 0 Å². The second kappa shape index (κ2) is 6.32. The summed E-state index contributed by atoms with van der Waals surface area (Å²) in [7, 11) is 0. The van der Waals surface area contributed by atoms with Crippen LogP contribution in [0.25, 0.3) is 0 Å². The summed E-state index contributed by atoms with van der Waals surface area (Å²) >= 11 is 2.38. The van der Waals surface area contributed by atoms with E-state index in [4.69, 9.17) is 0 Å². The minimum Gasteiger partial charge on any atom is -0.311 e. The van der Waals surface area contributed by atoms with Crippen LogP contribution in [-0.4, -0.2) is 29.6 Å². The second-order valence-corrected chi connectivity index (χ2v) is 7.82. The van der Waals surface area contributed by atoms with Crippen LogP contribution >= 0.6 is 22.6 Å². The lowest BCUT2D eigenvalue weighted by molar-refractivity contribution is 0.00617. The number of nitrogens with one attached hydrogen (secondary N) is 1. The Morgan fingerprint density at radius 3 is 2.60 bits per heavy atom. The Hall–Kier alpha value is -0.130. The first-order chi connectivity index (χ1) is 9.68. The van der Waals surface area contributed by atoms with Crippen LogP contribution in [0, 0.1) is 3.57 Å². The summed E-state index contributed by atoms with van der Waals surface area (Å²) in [4.78, 5) is 2.77. The number of halogens is 1. The van der Waals surface area contributed by atoms with Crippen LogP contribution in [0.15, 0.2) is 24.3 Å². The van der Waals surface area contributed by atoms with E-state index >= 15 is 0 Å². The number of nitrogens with zero attached hydrogens (tertiary/aromatic N) is 1. The van der Waals surface area contributed by atoms with Crippen LogP contribution in [0.4, 0.5) is 0 Å². The molecule has 0 amide bonds. The molecule has 1 saturated carbocycles. The topological polar surface area (TPSA) is 15.3 Å². The average molecular weight is 384 g/mol. The fraction of sp³-hybridized carbons (Fsp3) is 0.647. The van der Waals surface area contributed by atoms with E-state index in [-0.39, 0.29) is 0 Å². The van der Waals surface area contributed by atoms with E-state index in [1.807, 2.05) is 0 Å². The summed E-state index contributed by atoms with van der Waals surface area (Å²) in [6, 6.07) is 9.67. The monoisotopic (exact) mass is 384 g/mol. The van der Waals surface area contributed by atoms with Crippen LogP contribution in [0.1, 0.15) is 44.6 Å². The molecule has 2 nitrogen and oxygen atoms in total. The normalized spacial score (nSPS) is 26.8. The van der Waals surface area contributed by atoms with Crippen LogP contribution in [0.3, 0.4) is 0 Å². The van der Waals surface area contributed by atoms with Crippen molar-refractivity contribution >= 4 is 22.6 Å². The molecule has 20 heavy (non-hydrogen) atoms. The van der Waals surface area contributed by atoms with Crippen molar-refractivity contribution in [3.8, 4) is 0 Å². The lowest BCUT2D eigenvalue weighted by Crippen LogP contribution is -2.64. The number of piperazine rings is 1. The zero-order chi connectivity index (χ0) is 14.0. The Labute approximate surface area is 136 Å². The molecule has 1 saturated heterocycles. The second-order valence-electron chi connectivity index (χ2n) is 6.57. The van der Waals surface area contributed by atoms with Gasteiger partial charge >= 0.3 is 0 Å². The number of rotatable bonds is 2. The molecule has 0 radical (unpaired) electrons. The van der Waals surface area contributed by atoms with Gasteiger partial charge < -0.3 is 5.32 Å². The number of benzene rings is 1. The quantitative estimate of drug-likeness (QED) is 0.781. The highest BCUT2D eigenvalue weighted by Crippen LogP contribution is 2.36. The van der Waals surface area contributed by atoms with Gasteiger partial charge in [-0.1, -0.05) is 31.4 Å². The highest BCUT2D eigenvalue weighted by Gasteiger charge is 2.41. The molecule has 1 unspecified atom stereocenters. The fourth-order valence-electron chi connectivity index (χ4n) is 3.81. The van der Waals surface area contributed by atoms with Gasteiger partial charge in [-0.15, -0.1) is 0 Å². The molecule has 1 spiro atoms. The Balaban J connectivity index is 1.77. The zero-order valence-corrected chi connectivity index (χ0v) is 14.5. The Kier molecular flexibility index (Phi) is 4.68. The first kappa shape index (κ1) is 14.8. The van der Waals surface area contributed by atoms with Crippen LogP contribution in [-0.2, 0) is 6.54 Å². The molecule has 2 fully saturated rings. The number of hydrogen-bond donors (Lipinski definition) is 1. The molecule has 1 aromatic rings. The highest BCUT2D eigenvalue weighted by molar-refractivity contribution is 14.1. The van der Waals surface area contributed by atoms with E-state index < -0.39 is 0 Å². The minimum absolute atomic E-state index is 0.424. The third-order valence-electron chi connectivity index (χ3n) is 5.02.